The number of carbonyl (C=O) groups excluding carboxylic acids is 4. The van der Waals surface area contributed by atoms with E-state index in [4.69, 9.17) is 29.4 Å². The Kier molecular flexibility index (Phi) is 7.11. The standard InChI is InChI=1S/C14H21NO9/c1-6(16)20-5-10-12(21-7(2)17)13(22-8(3)18)11(15)14(24-10)23-9(4)19/h10-14H,5,15H2,1-4H3/t10?,11?,12-,13+,14-/m1/s1. The molecule has 5 atom stereocenters. The third-order valence-corrected chi connectivity index (χ3v) is 3.03. The van der Waals surface area contributed by atoms with Crippen LogP contribution < -0.4 is 5.73 Å². The van der Waals surface area contributed by atoms with E-state index in [1.54, 1.807) is 0 Å². The van der Waals surface area contributed by atoms with Gasteiger partial charge < -0.3 is 29.4 Å². The van der Waals surface area contributed by atoms with Gasteiger partial charge in [0.2, 0.25) is 6.29 Å². The molecule has 1 heterocycles. The molecule has 10 nitrogen and oxygen atoms in total. The summed E-state index contributed by atoms with van der Waals surface area (Å²) in [6.45, 7) is 4.32. The van der Waals surface area contributed by atoms with Crippen LogP contribution >= 0.6 is 0 Å². The number of ether oxygens (including phenoxy) is 5. The number of nitrogens with two attached hydrogens (primary N) is 1. The zero-order valence-electron chi connectivity index (χ0n) is 13.8. The Morgan fingerprint density at radius 2 is 1.33 bits per heavy atom. The molecule has 0 spiro atoms. The maximum Gasteiger partial charge on any atom is 0.304 e. The first kappa shape index (κ1) is 19.8. The molecule has 1 saturated heterocycles. The molecule has 24 heavy (non-hydrogen) atoms. The molecule has 1 aliphatic heterocycles. The smallest absolute Gasteiger partial charge is 0.304 e. The topological polar surface area (TPSA) is 140 Å². The number of hydrogen-bond acceptors (Lipinski definition) is 10. The van der Waals surface area contributed by atoms with Crippen molar-refractivity contribution in [3.63, 3.8) is 0 Å². The van der Waals surface area contributed by atoms with Crippen LogP contribution in [0.15, 0.2) is 0 Å². The van der Waals surface area contributed by atoms with E-state index in [0.29, 0.717) is 0 Å². The minimum Gasteiger partial charge on any atom is -0.463 e. The lowest BCUT2D eigenvalue weighted by molar-refractivity contribution is -0.267. The summed E-state index contributed by atoms with van der Waals surface area (Å²) in [5.41, 5.74) is 5.93. The Bertz CT molecular complexity index is 490. The van der Waals surface area contributed by atoms with Gasteiger partial charge in [-0.2, -0.15) is 0 Å². The van der Waals surface area contributed by atoms with Crippen LogP contribution in [0.1, 0.15) is 27.7 Å². The first-order valence-electron chi connectivity index (χ1n) is 7.18. The number of carbonyl (C=O) groups is 4. The summed E-state index contributed by atoms with van der Waals surface area (Å²) in [6, 6.07) is -1.10. The van der Waals surface area contributed by atoms with Crippen molar-refractivity contribution in [2.75, 3.05) is 6.61 Å². The van der Waals surface area contributed by atoms with E-state index < -0.39 is 54.5 Å². The molecule has 0 saturated carbocycles. The van der Waals surface area contributed by atoms with Crippen molar-refractivity contribution in [3.05, 3.63) is 0 Å². The van der Waals surface area contributed by atoms with Gasteiger partial charge in [-0.05, 0) is 0 Å². The van der Waals surface area contributed by atoms with Crippen molar-refractivity contribution in [1.82, 2.24) is 0 Å². The van der Waals surface area contributed by atoms with Gasteiger partial charge >= 0.3 is 23.9 Å². The van der Waals surface area contributed by atoms with E-state index in [1.807, 2.05) is 0 Å². The Morgan fingerprint density at radius 3 is 1.79 bits per heavy atom. The Hall–Kier alpha value is -2.20. The first-order chi connectivity index (χ1) is 11.1. The largest absolute Gasteiger partial charge is 0.463 e. The van der Waals surface area contributed by atoms with E-state index in [-0.39, 0.29) is 6.61 Å². The molecule has 0 aromatic carbocycles. The number of esters is 4. The van der Waals surface area contributed by atoms with Crippen LogP contribution in [0.5, 0.6) is 0 Å². The summed E-state index contributed by atoms with van der Waals surface area (Å²) < 4.78 is 25.5. The van der Waals surface area contributed by atoms with E-state index >= 15 is 0 Å². The lowest BCUT2D eigenvalue weighted by Gasteiger charge is -2.42. The number of hydrogen-bond donors (Lipinski definition) is 1. The van der Waals surface area contributed by atoms with Gasteiger partial charge in [0.1, 0.15) is 18.8 Å². The molecule has 1 fully saturated rings. The Labute approximate surface area is 138 Å². The molecule has 0 bridgehead atoms. The molecule has 0 aromatic rings. The van der Waals surface area contributed by atoms with E-state index in [2.05, 4.69) is 0 Å². The third-order valence-electron chi connectivity index (χ3n) is 3.03. The molecule has 0 aliphatic carbocycles. The third kappa shape index (κ3) is 5.78. The average molecular weight is 347 g/mol. The second-order valence-corrected chi connectivity index (χ2v) is 5.18. The fourth-order valence-corrected chi connectivity index (χ4v) is 2.20. The van der Waals surface area contributed by atoms with Crippen molar-refractivity contribution in [3.8, 4) is 0 Å². The molecular weight excluding hydrogens is 326 g/mol. The van der Waals surface area contributed by atoms with Gasteiger partial charge in [-0.1, -0.05) is 0 Å². The van der Waals surface area contributed by atoms with Gasteiger partial charge in [0, 0.05) is 27.7 Å². The van der Waals surface area contributed by atoms with Crippen LogP contribution in [0, 0.1) is 0 Å². The van der Waals surface area contributed by atoms with Gasteiger partial charge in [-0.3, -0.25) is 19.2 Å². The highest BCUT2D eigenvalue weighted by atomic mass is 16.7. The Morgan fingerprint density at radius 1 is 0.833 bits per heavy atom. The van der Waals surface area contributed by atoms with Crippen molar-refractivity contribution >= 4 is 23.9 Å². The fraction of sp³-hybridized carbons (Fsp3) is 0.714. The summed E-state index contributed by atoms with van der Waals surface area (Å²) in [4.78, 5) is 44.9. The molecule has 0 radical (unpaired) electrons. The quantitative estimate of drug-likeness (QED) is 0.487. The highest BCUT2D eigenvalue weighted by Crippen LogP contribution is 2.26. The second-order valence-electron chi connectivity index (χ2n) is 5.18. The van der Waals surface area contributed by atoms with Gasteiger partial charge in [0.15, 0.2) is 12.2 Å². The van der Waals surface area contributed by atoms with Gasteiger partial charge in [0.05, 0.1) is 0 Å². The second kappa shape index (κ2) is 8.60. The first-order valence-corrected chi connectivity index (χ1v) is 7.18. The van der Waals surface area contributed by atoms with Gasteiger partial charge in [-0.25, -0.2) is 0 Å². The molecule has 136 valence electrons. The maximum absolute atomic E-state index is 11.3. The van der Waals surface area contributed by atoms with Crippen LogP contribution in [0.2, 0.25) is 0 Å². The van der Waals surface area contributed by atoms with Crippen LogP contribution in [-0.4, -0.2) is 61.1 Å². The summed E-state index contributed by atoms with van der Waals surface area (Å²) in [5, 5.41) is 0. The summed E-state index contributed by atoms with van der Waals surface area (Å²) >= 11 is 0. The highest BCUT2D eigenvalue weighted by Gasteiger charge is 2.50. The van der Waals surface area contributed by atoms with E-state index in [9.17, 15) is 19.2 Å². The molecule has 2 N–H and O–H groups in total. The van der Waals surface area contributed by atoms with Crippen LogP contribution in [0.25, 0.3) is 0 Å². The van der Waals surface area contributed by atoms with Gasteiger partial charge in [0.25, 0.3) is 0 Å². The van der Waals surface area contributed by atoms with E-state index in [0.717, 1.165) is 20.8 Å². The minimum absolute atomic E-state index is 0.310. The van der Waals surface area contributed by atoms with Crippen molar-refractivity contribution in [2.45, 2.75) is 58.3 Å². The lowest BCUT2D eigenvalue weighted by atomic mass is 9.97. The van der Waals surface area contributed by atoms with E-state index in [1.165, 1.54) is 6.92 Å². The zero-order chi connectivity index (χ0) is 18.4. The van der Waals surface area contributed by atoms with Gasteiger partial charge in [-0.15, -0.1) is 0 Å². The highest BCUT2D eigenvalue weighted by molar-refractivity contribution is 5.68. The fourth-order valence-electron chi connectivity index (χ4n) is 2.20. The zero-order valence-corrected chi connectivity index (χ0v) is 13.8. The predicted molar refractivity (Wildman–Crippen MR) is 76.1 cm³/mol. The van der Waals surface area contributed by atoms with Crippen LogP contribution in [0.4, 0.5) is 0 Å². The van der Waals surface area contributed by atoms with Crippen LogP contribution in [0.3, 0.4) is 0 Å². The summed E-state index contributed by atoms with van der Waals surface area (Å²) in [7, 11) is 0. The van der Waals surface area contributed by atoms with Crippen LogP contribution in [-0.2, 0) is 42.9 Å². The monoisotopic (exact) mass is 347 g/mol. The molecule has 0 amide bonds. The predicted octanol–water partition coefficient (Wildman–Crippen LogP) is -0.972. The molecule has 10 heteroatoms. The maximum atomic E-state index is 11.3. The number of rotatable bonds is 5. The van der Waals surface area contributed by atoms with Crippen molar-refractivity contribution in [2.24, 2.45) is 5.73 Å². The molecule has 1 rings (SSSR count). The SMILES string of the molecule is CC(=O)OCC1O[C@@H](OC(C)=O)C(N)[C@H](OC(C)=O)[C@@H]1OC(C)=O. The summed E-state index contributed by atoms with van der Waals surface area (Å²) in [6.07, 6.45) is -4.58. The normalized spacial score (nSPS) is 29.3. The van der Waals surface area contributed by atoms with Crippen molar-refractivity contribution < 1.29 is 42.9 Å². The molecule has 0 aromatic heterocycles. The summed E-state index contributed by atoms with van der Waals surface area (Å²) in [5.74, 6) is -2.62. The Balaban J connectivity index is 3.08. The molecule has 1 aliphatic rings. The lowest BCUT2D eigenvalue weighted by Crippen LogP contribution is -2.65. The molecular formula is C14H21NO9. The molecule has 2 unspecified atom stereocenters. The van der Waals surface area contributed by atoms with Crippen molar-refractivity contribution in [1.29, 1.82) is 0 Å². The minimum atomic E-state index is -1.26. The average Bonchev–Trinajstić information content (AvgIpc) is 2.42.